The van der Waals surface area contributed by atoms with Gasteiger partial charge in [0, 0.05) is 44.7 Å². The molecule has 2 aliphatic heterocycles. The smallest absolute Gasteiger partial charge is 0.303 e. The summed E-state index contributed by atoms with van der Waals surface area (Å²) in [5, 5.41) is 60.4. The summed E-state index contributed by atoms with van der Waals surface area (Å²) in [5.41, 5.74) is -13.9. The molecule has 2 saturated heterocycles. The van der Waals surface area contributed by atoms with Crippen LogP contribution < -0.4 is 0 Å². The predicted octanol–water partition coefficient (Wildman–Crippen LogP) is -1.14. The number of hydrogen-bond acceptors (Lipinski definition) is 20. The van der Waals surface area contributed by atoms with E-state index < -0.39 is 118 Å². The molecular weight excluding hydrogens is 734 g/mol. The first-order valence-electron chi connectivity index (χ1n) is 15.7. The van der Waals surface area contributed by atoms with Crippen LogP contribution in [-0.4, -0.2) is 138 Å². The number of nitrogens with zero attached hydrogens (tertiary/aromatic N) is 1. The molecule has 21 heteroatoms. The molecule has 292 valence electrons. The van der Waals surface area contributed by atoms with Gasteiger partial charge in [-0.3, -0.25) is 43.7 Å². The van der Waals surface area contributed by atoms with Gasteiger partial charge >= 0.3 is 23.9 Å². The quantitative estimate of drug-likeness (QED) is 0.0797. The number of nitro benzene ring substituents is 1. The highest BCUT2D eigenvalue weighted by atomic mass is 32.2. The Labute approximate surface area is 305 Å². The molecular formula is C32H39NO19S. The number of benzene rings is 1. The minimum Gasteiger partial charge on any atom is -0.463 e. The molecule has 2 heterocycles. The van der Waals surface area contributed by atoms with Crippen LogP contribution >= 0.6 is 11.8 Å². The average molecular weight is 774 g/mol. The van der Waals surface area contributed by atoms with Gasteiger partial charge in [0.1, 0.15) is 36.5 Å². The van der Waals surface area contributed by atoms with E-state index >= 15 is 0 Å². The van der Waals surface area contributed by atoms with Crippen LogP contribution in [0.4, 0.5) is 5.69 Å². The molecule has 11 atom stereocenters. The van der Waals surface area contributed by atoms with E-state index in [-0.39, 0.29) is 10.6 Å². The van der Waals surface area contributed by atoms with E-state index in [9.17, 15) is 64.1 Å². The Bertz CT molecular complexity index is 1650. The molecule has 0 aromatic heterocycles. The van der Waals surface area contributed by atoms with E-state index in [0.717, 1.165) is 58.9 Å². The van der Waals surface area contributed by atoms with Gasteiger partial charge < -0.3 is 48.8 Å². The second-order valence-corrected chi connectivity index (χ2v) is 13.5. The number of ketones is 3. The highest BCUT2D eigenvalue weighted by molar-refractivity contribution is 8.00. The molecule has 3 rings (SSSR count). The zero-order valence-electron chi connectivity index (χ0n) is 29.4. The first-order chi connectivity index (χ1) is 24.4. The summed E-state index contributed by atoms with van der Waals surface area (Å²) in [6.07, 6.45) is -15.7. The van der Waals surface area contributed by atoms with Crippen molar-refractivity contribution >= 4 is 58.7 Å². The van der Waals surface area contributed by atoms with Gasteiger partial charge in [-0.05, 0) is 32.9 Å². The monoisotopic (exact) mass is 773 g/mol. The third-order valence-corrected chi connectivity index (χ3v) is 9.85. The summed E-state index contributed by atoms with van der Waals surface area (Å²) >= 11 is 0.388. The maximum absolute atomic E-state index is 13.8. The van der Waals surface area contributed by atoms with E-state index in [2.05, 4.69) is 0 Å². The van der Waals surface area contributed by atoms with E-state index in [1.165, 1.54) is 0 Å². The van der Waals surface area contributed by atoms with Gasteiger partial charge in [-0.1, -0.05) is 11.8 Å². The Morgan fingerprint density at radius 2 is 1.30 bits per heavy atom. The fourth-order valence-electron chi connectivity index (χ4n) is 6.35. The number of rotatable bonds is 13. The van der Waals surface area contributed by atoms with Crippen molar-refractivity contribution in [1.29, 1.82) is 0 Å². The molecule has 1 unspecified atom stereocenters. The number of carbonyl (C=O) groups excluding carboxylic acids is 7. The Kier molecular flexibility index (Phi) is 13.3. The topological polar surface area (TPSA) is 299 Å². The number of aliphatic hydroxyl groups excluding tert-OH is 1. The summed E-state index contributed by atoms with van der Waals surface area (Å²) < 4.78 is 33.0. The third kappa shape index (κ3) is 8.10. The Morgan fingerprint density at radius 1 is 0.792 bits per heavy atom. The number of nitro groups is 1. The second kappa shape index (κ2) is 16.3. The Hall–Kier alpha value is -4.38. The average Bonchev–Trinajstić information content (AvgIpc) is 3.04. The fourth-order valence-corrected chi connectivity index (χ4v) is 7.57. The number of hydrogen-bond donors (Lipinski definition) is 4. The van der Waals surface area contributed by atoms with Crippen molar-refractivity contribution in [2.24, 2.45) is 0 Å². The number of aliphatic hydroxyl groups is 4. The number of carbonyl (C=O) groups is 7. The Balaban J connectivity index is 2.46. The number of esters is 4. The van der Waals surface area contributed by atoms with Crippen LogP contribution in [0.25, 0.3) is 0 Å². The largest absolute Gasteiger partial charge is 0.463 e. The normalized spacial score (nSPS) is 33.1. The summed E-state index contributed by atoms with van der Waals surface area (Å²) in [5.74, 6) is -8.53. The van der Waals surface area contributed by atoms with Crippen LogP contribution in [0.2, 0.25) is 0 Å². The number of Topliss-reactive ketones (excluding diaryl/α,β-unsaturated/α-hetero) is 3. The standard InChI is InChI=1S/C32H39NO19S/c1-13(34)23(41)27-31(43,28-26(50-19(7)40)25(49-18(6)39)24(48-17(5)38)22(51-28)12-47-16(4)37)32(44,15(3)36)30(42,14(2)35)29(52-27)53-21-10-8-20(9-11-21)33(45)46/h8-11,22-29,41-44H,12H2,1-7H3/t22-,23?,24-,25+,26-,27-,28-,29+,30+,31+,32-/m1/s1. The first-order valence-corrected chi connectivity index (χ1v) is 16.6. The summed E-state index contributed by atoms with van der Waals surface area (Å²) in [6.45, 7) is 4.83. The zero-order valence-corrected chi connectivity index (χ0v) is 30.2. The molecule has 1 aromatic rings. The van der Waals surface area contributed by atoms with Crippen LogP contribution in [-0.2, 0) is 62.0 Å². The van der Waals surface area contributed by atoms with Gasteiger partial charge in [-0.15, -0.1) is 0 Å². The van der Waals surface area contributed by atoms with Crippen LogP contribution in [0.15, 0.2) is 29.2 Å². The van der Waals surface area contributed by atoms with Crippen LogP contribution in [0.3, 0.4) is 0 Å². The van der Waals surface area contributed by atoms with Crippen molar-refractivity contribution in [3.05, 3.63) is 34.4 Å². The molecule has 0 radical (unpaired) electrons. The molecule has 0 bridgehead atoms. The van der Waals surface area contributed by atoms with Crippen LogP contribution in [0.5, 0.6) is 0 Å². The van der Waals surface area contributed by atoms with Gasteiger partial charge in [-0.25, -0.2) is 0 Å². The van der Waals surface area contributed by atoms with Gasteiger partial charge in [0.05, 0.1) is 4.92 Å². The molecule has 20 nitrogen and oxygen atoms in total. The fraction of sp³-hybridized carbons (Fsp3) is 0.594. The zero-order chi connectivity index (χ0) is 40.4. The summed E-state index contributed by atoms with van der Waals surface area (Å²) in [7, 11) is 0. The van der Waals surface area contributed by atoms with Crippen molar-refractivity contribution in [2.75, 3.05) is 6.61 Å². The lowest BCUT2D eigenvalue weighted by Crippen LogP contribution is -2.89. The van der Waals surface area contributed by atoms with Crippen LogP contribution in [0, 0.1) is 10.1 Å². The van der Waals surface area contributed by atoms with Gasteiger partial charge in [-0.2, -0.15) is 0 Å². The number of thioether (sulfide) groups is 1. The number of non-ortho nitro benzene ring substituents is 1. The maximum Gasteiger partial charge on any atom is 0.303 e. The van der Waals surface area contributed by atoms with Crippen molar-refractivity contribution in [3.63, 3.8) is 0 Å². The molecule has 0 aliphatic carbocycles. The molecule has 53 heavy (non-hydrogen) atoms. The lowest BCUT2D eigenvalue weighted by molar-refractivity contribution is -0.384. The third-order valence-electron chi connectivity index (χ3n) is 8.64. The van der Waals surface area contributed by atoms with Crippen molar-refractivity contribution in [1.82, 2.24) is 0 Å². The molecule has 0 amide bonds. The van der Waals surface area contributed by atoms with Gasteiger partial charge in [0.15, 0.2) is 52.5 Å². The SMILES string of the molecule is CC(=O)OC[C@H]1O[C@@H]([C@@]2(O)[C@@H](C(O)C(C)=O)O[C@@H](Sc3ccc([N+](=O)[O-])cc3)[C@@](O)(C(C)=O)[C@]2(O)C(C)=O)[C@H](OC(C)=O)[C@@H](OC(C)=O)[C@@H]1OC(C)=O. The lowest BCUT2D eigenvalue weighted by atomic mass is 9.58. The molecule has 2 aliphatic rings. The Morgan fingerprint density at radius 3 is 1.74 bits per heavy atom. The minimum atomic E-state index is -3.92. The second-order valence-electron chi connectivity index (χ2n) is 12.3. The minimum absolute atomic E-state index is 0.0139. The predicted molar refractivity (Wildman–Crippen MR) is 172 cm³/mol. The van der Waals surface area contributed by atoms with E-state index in [1.54, 1.807) is 0 Å². The summed E-state index contributed by atoms with van der Waals surface area (Å²) in [4.78, 5) is 99.9. The van der Waals surface area contributed by atoms with Gasteiger partial charge in [0.2, 0.25) is 0 Å². The van der Waals surface area contributed by atoms with E-state index in [0.29, 0.717) is 25.6 Å². The highest BCUT2D eigenvalue weighted by Gasteiger charge is 2.81. The molecule has 0 spiro atoms. The van der Waals surface area contributed by atoms with Crippen molar-refractivity contribution < 1.29 is 87.3 Å². The summed E-state index contributed by atoms with van der Waals surface area (Å²) in [6, 6.07) is 4.36. The lowest BCUT2D eigenvalue weighted by Gasteiger charge is -2.62. The molecule has 1 aromatic carbocycles. The first kappa shape index (κ1) is 43.0. The highest BCUT2D eigenvalue weighted by Crippen LogP contribution is 2.54. The van der Waals surface area contributed by atoms with Crippen molar-refractivity contribution in [2.45, 2.75) is 118 Å². The van der Waals surface area contributed by atoms with E-state index in [4.69, 9.17) is 28.4 Å². The van der Waals surface area contributed by atoms with Crippen LogP contribution in [0.1, 0.15) is 48.5 Å². The molecule has 2 fully saturated rings. The number of ether oxygens (including phenoxy) is 6. The van der Waals surface area contributed by atoms with Crippen molar-refractivity contribution in [3.8, 4) is 0 Å². The van der Waals surface area contributed by atoms with E-state index in [1.807, 2.05) is 0 Å². The maximum atomic E-state index is 13.8. The molecule has 4 N–H and O–H groups in total. The molecule has 0 saturated carbocycles. The van der Waals surface area contributed by atoms with Gasteiger partial charge in [0.25, 0.3) is 5.69 Å².